The van der Waals surface area contributed by atoms with Crippen LogP contribution < -0.4 is 16.4 Å². The first kappa shape index (κ1) is 19.8. The minimum atomic E-state index is -1.15. The van der Waals surface area contributed by atoms with Gasteiger partial charge >= 0.3 is 11.9 Å². The summed E-state index contributed by atoms with van der Waals surface area (Å²) in [6.07, 6.45) is -1.03. The summed E-state index contributed by atoms with van der Waals surface area (Å²) in [6.45, 7) is 3.40. The lowest BCUT2D eigenvalue weighted by atomic mass is 10.1. The number of carbonyl (C=O) groups excluding carboxylic acids is 3. The van der Waals surface area contributed by atoms with Gasteiger partial charge in [0.05, 0.1) is 6.61 Å². The number of carboxylic acids is 1. The highest BCUT2D eigenvalue weighted by atomic mass is 16.6. The van der Waals surface area contributed by atoms with Crippen LogP contribution in [-0.2, 0) is 28.7 Å². The zero-order chi connectivity index (χ0) is 18.3. The van der Waals surface area contributed by atoms with Crippen LogP contribution in [0.15, 0.2) is 0 Å². The number of carbonyl (C=O) groups is 4. The van der Waals surface area contributed by atoms with Crippen molar-refractivity contribution in [3.8, 4) is 0 Å². The van der Waals surface area contributed by atoms with Gasteiger partial charge in [-0.2, -0.15) is 0 Å². The monoisotopic (exact) mass is 345 g/mol. The number of amides is 2. The van der Waals surface area contributed by atoms with Gasteiger partial charge in [0.25, 0.3) is 5.91 Å². The number of aliphatic carboxylic acids is 1. The van der Waals surface area contributed by atoms with Crippen LogP contribution in [0.1, 0.15) is 26.7 Å². The van der Waals surface area contributed by atoms with E-state index in [0.29, 0.717) is 6.42 Å². The average Bonchev–Trinajstić information content (AvgIpc) is 3.32. The Kier molecular flexibility index (Phi) is 7.59. The molecule has 1 aliphatic heterocycles. The van der Waals surface area contributed by atoms with Crippen LogP contribution in [0.25, 0.3) is 0 Å². The van der Waals surface area contributed by atoms with E-state index in [9.17, 15) is 19.2 Å². The number of carboxylic acid groups (broad SMARTS) is 1. The highest BCUT2D eigenvalue weighted by Crippen LogP contribution is 2.23. The molecule has 0 aromatic heterocycles. The van der Waals surface area contributed by atoms with Gasteiger partial charge in [-0.05, 0) is 13.3 Å². The van der Waals surface area contributed by atoms with Crippen molar-refractivity contribution in [3.05, 3.63) is 0 Å². The maximum absolute atomic E-state index is 11.8. The van der Waals surface area contributed by atoms with Gasteiger partial charge in [-0.3, -0.25) is 9.59 Å². The van der Waals surface area contributed by atoms with E-state index in [2.05, 4.69) is 10.6 Å². The fraction of sp³-hybridized carbons (Fsp3) is 0.714. The molecular formula is C14H23N3O7. The number of nitrogens with one attached hydrogen (secondary N) is 2. The van der Waals surface area contributed by atoms with Gasteiger partial charge in [-0.15, -0.1) is 0 Å². The van der Waals surface area contributed by atoms with Crippen molar-refractivity contribution in [1.82, 2.24) is 10.6 Å². The van der Waals surface area contributed by atoms with Crippen molar-refractivity contribution in [2.75, 3.05) is 13.2 Å². The highest BCUT2D eigenvalue weighted by molar-refractivity contribution is 5.93. The van der Waals surface area contributed by atoms with Gasteiger partial charge < -0.3 is 30.9 Å². The largest absolute Gasteiger partial charge is 0.480 e. The molecule has 1 aliphatic rings. The van der Waals surface area contributed by atoms with E-state index in [1.807, 2.05) is 0 Å². The van der Waals surface area contributed by atoms with Crippen molar-refractivity contribution in [2.45, 2.75) is 51.0 Å². The van der Waals surface area contributed by atoms with E-state index < -0.39 is 48.0 Å². The summed E-state index contributed by atoms with van der Waals surface area (Å²) < 4.78 is 9.62. The molecule has 1 heterocycles. The van der Waals surface area contributed by atoms with Gasteiger partial charge in [0, 0.05) is 6.54 Å². The van der Waals surface area contributed by atoms with E-state index in [4.69, 9.17) is 20.3 Å². The summed E-state index contributed by atoms with van der Waals surface area (Å²) in [4.78, 5) is 45.9. The molecule has 1 rings (SSSR count). The molecule has 0 radical (unpaired) electrons. The quantitative estimate of drug-likeness (QED) is 0.264. The first-order valence-electron chi connectivity index (χ1n) is 7.70. The minimum absolute atomic E-state index is 0.181. The molecule has 24 heavy (non-hydrogen) atoms. The summed E-state index contributed by atoms with van der Waals surface area (Å²) in [7, 11) is 0. The fourth-order valence-corrected chi connectivity index (χ4v) is 1.94. The standard InChI is InChI=1S/C14H23N3O7/c1-3-5-8(13(20)21)17-11(18)7(15)6-16-12(19)9-10(24-9)14(22)23-4-2/h7-10H,3-6,15H2,1-2H3,(H,16,19)(H,17,18)(H,20,21)/t7-,8-,9-,10-/m0/s1. The zero-order valence-corrected chi connectivity index (χ0v) is 13.6. The van der Waals surface area contributed by atoms with Gasteiger partial charge in [0.2, 0.25) is 5.91 Å². The Bertz CT molecular complexity index is 497. The molecular weight excluding hydrogens is 322 g/mol. The molecule has 0 bridgehead atoms. The number of nitrogens with two attached hydrogens (primary N) is 1. The molecule has 10 nitrogen and oxygen atoms in total. The van der Waals surface area contributed by atoms with Crippen molar-refractivity contribution in [2.24, 2.45) is 5.73 Å². The lowest BCUT2D eigenvalue weighted by Gasteiger charge is -2.17. The summed E-state index contributed by atoms with van der Waals surface area (Å²) in [6, 6.07) is -2.14. The van der Waals surface area contributed by atoms with Crippen LogP contribution >= 0.6 is 0 Å². The molecule has 0 aliphatic carbocycles. The van der Waals surface area contributed by atoms with Gasteiger partial charge in [-0.1, -0.05) is 13.3 Å². The smallest absolute Gasteiger partial charge is 0.338 e. The first-order chi connectivity index (χ1) is 11.3. The molecule has 136 valence electrons. The highest BCUT2D eigenvalue weighted by Gasteiger charge is 2.51. The molecule has 0 spiro atoms. The van der Waals surface area contributed by atoms with Crippen LogP contribution in [0.5, 0.6) is 0 Å². The van der Waals surface area contributed by atoms with E-state index in [1.165, 1.54) is 0 Å². The maximum Gasteiger partial charge on any atom is 0.338 e. The van der Waals surface area contributed by atoms with Gasteiger partial charge in [0.15, 0.2) is 12.2 Å². The lowest BCUT2D eigenvalue weighted by molar-refractivity contribution is -0.144. The Morgan fingerprint density at radius 3 is 2.46 bits per heavy atom. The first-order valence-corrected chi connectivity index (χ1v) is 7.70. The second-order valence-corrected chi connectivity index (χ2v) is 5.27. The Morgan fingerprint density at radius 2 is 1.92 bits per heavy atom. The van der Waals surface area contributed by atoms with Crippen LogP contribution in [0.4, 0.5) is 0 Å². The SMILES string of the molecule is CCC[C@H](NC(=O)[C@@H](N)CNC(=O)[C@H]1O[C@@H]1C(=O)OCC)C(=O)O. The average molecular weight is 345 g/mol. The third-order valence-electron chi connectivity index (χ3n) is 3.29. The second kappa shape index (κ2) is 9.18. The predicted octanol–water partition coefficient (Wildman–Crippen LogP) is -1.87. The number of rotatable bonds is 10. The van der Waals surface area contributed by atoms with E-state index >= 15 is 0 Å². The minimum Gasteiger partial charge on any atom is -0.480 e. The molecule has 0 unspecified atom stereocenters. The van der Waals surface area contributed by atoms with Crippen LogP contribution in [0, 0.1) is 0 Å². The van der Waals surface area contributed by atoms with Gasteiger partial charge in [0.1, 0.15) is 12.1 Å². The van der Waals surface area contributed by atoms with Crippen molar-refractivity contribution in [3.63, 3.8) is 0 Å². The number of hydrogen-bond acceptors (Lipinski definition) is 7. The maximum atomic E-state index is 11.8. The summed E-state index contributed by atoms with van der Waals surface area (Å²) in [5.41, 5.74) is 5.62. The number of epoxide rings is 1. The van der Waals surface area contributed by atoms with E-state index in [-0.39, 0.29) is 19.6 Å². The van der Waals surface area contributed by atoms with Crippen LogP contribution in [0.2, 0.25) is 0 Å². The van der Waals surface area contributed by atoms with Gasteiger partial charge in [-0.25, -0.2) is 9.59 Å². The van der Waals surface area contributed by atoms with Crippen LogP contribution in [-0.4, -0.2) is 66.3 Å². The predicted molar refractivity (Wildman–Crippen MR) is 80.8 cm³/mol. The molecule has 10 heteroatoms. The Morgan fingerprint density at radius 1 is 1.25 bits per heavy atom. The molecule has 0 aromatic rings. The molecule has 2 amide bonds. The Hall–Kier alpha value is -2.20. The Labute approximate surface area is 139 Å². The fourth-order valence-electron chi connectivity index (χ4n) is 1.94. The molecule has 5 N–H and O–H groups in total. The molecule has 1 saturated heterocycles. The van der Waals surface area contributed by atoms with Crippen molar-refractivity contribution < 1.29 is 33.8 Å². The summed E-state index contributed by atoms with van der Waals surface area (Å²) >= 11 is 0. The van der Waals surface area contributed by atoms with E-state index in [0.717, 1.165) is 0 Å². The van der Waals surface area contributed by atoms with Crippen molar-refractivity contribution >= 4 is 23.8 Å². The summed E-state index contributed by atoms with van der Waals surface area (Å²) in [5, 5.41) is 13.7. The van der Waals surface area contributed by atoms with Crippen molar-refractivity contribution in [1.29, 1.82) is 0 Å². The van der Waals surface area contributed by atoms with E-state index in [1.54, 1.807) is 13.8 Å². The zero-order valence-electron chi connectivity index (χ0n) is 13.6. The number of esters is 1. The molecule has 0 saturated carbocycles. The second-order valence-electron chi connectivity index (χ2n) is 5.27. The Balaban J connectivity index is 2.36. The normalized spacial score (nSPS) is 21.3. The number of hydrogen-bond donors (Lipinski definition) is 4. The number of ether oxygens (including phenoxy) is 2. The van der Waals surface area contributed by atoms with Crippen LogP contribution in [0.3, 0.4) is 0 Å². The summed E-state index contributed by atoms with van der Waals surface area (Å²) in [5.74, 6) is -3.04. The topological polar surface area (TPSA) is 160 Å². The molecule has 0 aromatic carbocycles. The third-order valence-corrected chi connectivity index (χ3v) is 3.29. The molecule has 1 fully saturated rings. The lowest BCUT2D eigenvalue weighted by Crippen LogP contribution is -2.52. The molecule has 4 atom stereocenters. The third kappa shape index (κ3) is 5.78.